The molecular formula is C18H30O4. The van der Waals surface area contributed by atoms with Gasteiger partial charge in [-0.25, -0.2) is 0 Å². The van der Waals surface area contributed by atoms with Gasteiger partial charge in [0.25, 0.3) is 0 Å². The smallest absolute Gasteiger partial charge is 0.157 e. The van der Waals surface area contributed by atoms with E-state index in [2.05, 4.69) is 19.4 Å². The third kappa shape index (κ3) is 2.67. The topological polar surface area (TPSA) is 58.9 Å². The van der Waals surface area contributed by atoms with Crippen molar-refractivity contribution in [1.29, 1.82) is 0 Å². The van der Waals surface area contributed by atoms with Crippen LogP contribution in [-0.4, -0.2) is 36.3 Å². The number of rotatable bonds is 5. The Labute approximate surface area is 134 Å². The third-order valence-corrected chi connectivity index (χ3v) is 6.09. The van der Waals surface area contributed by atoms with Crippen LogP contribution in [0.3, 0.4) is 0 Å². The average molecular weight is 310 g/mol. The number of methoxy groups -OCH3 is 2. The molecule has 0 aromatic heterocycles. The van der Waals surface area contributed by atoms with Crippen molar-refractivity contribution in [3.8, 4) is 12.0 Å². The third-order valence-electron chi connectivity index (χ3n) is 6.09. The molecule has 1 saturated carbocycles. The first-order valence-electron chi connectivity index (χ1n) is 7.73. The molecule has 0 saturated heterocycles. The summed E-state index contributed by atoms with van der Waals surface area (Å²) in [6.45, 7) is 12.0. The van der Waals surface area contributed by atoms with Crippen molar-refractivity contribution in [2.75, 3.05) is 14.2 Å². The van der Waals surface area contributed by atoms with Crippen LogP contribution in [0, 0.1) is 28.8 Å². The van der Waals surface area contributed by atoms with E-state index in [1.54, 1.807) is 14.2 Å². The van der Waals surface area contributed by atoms with Gasteiger partial charge in [0.2, 0.25) is 0 Å². The Morgan fingerprint density at radius 1 is 1.36 bits per heavy atom. The summed E-state index contributed by atoms with van der Waals surface area (Å²) >= 11 is 0. The van der Waals surface area contributed by atoms with E-state index in [9.17, 15) is 10.2 Å². The Kier molecular flexibility index (Phi) is 5.72. The number of hydrogen-bond acceptors (Lipinski definition) is 4. The van der Waals surface area contributed by atoms with Gasteiger partial charge in [-0.3, -0.25) is 0 Å². The summed E-state index contributed by atoms with van der Waals surface area (Å²) < 4.78 is 10.7. The van der Waals surface area contributed by atoms with Crippen molar-refractivity contribution in [1.82, 2.24) is 0 Å². The van der Waals surface area contributed by atoms with E-state index in [1.165, 1.54) is 0 Å². The van der Waals surface area contributed by atoms with E-state index in [1.807, 2.05) is 26.9 Å². The van der Waals surface area contributed by atoms with Gasteiger partial charge in [0, 0.05) is 31.5 Å². The van der Waals surface area contributed by atoms with Crippen molar-refractivity contribution in [3.05, 3.63) is 12.2 Å². The molecule has 22 heavy (non-hydrogen) atoms. The molecular weight excluding hydrogens is 280 g/mol. The molecule has 0 spiro atoms. The molecule has 0 amide bonds. The summed E-state index contributed by atoms with van der Waals surface area (Å²) in [5.41, 5.74) is -1.75. The van der Waals surface area contributed by atoms with Crippen molar-refractivity contribution in [3.63, 3.8) is 0 Å². The fourth-order valence-electron chi connectivity index (χ4n) is 3.83. The number of aliphatic hydroxyl groups excluding tert-OH is 1. The standard InChI is InChI=1S/C18H30O4/c1-13(2)16(4)9-8-14(3)17(5,12-15(21-6)22-7)18(16,20)10-11-19/h14-15,19-20H,1,8-9,12H2,2-7H3/t14-,16+,17+,18?/m1/s1. The van der Waals surface area contributed by atoms with E-state index in [4.69, 9.17) is 9.47 Å². The first kappa shape index (κ1) is 19.0. The van der Waals surface area contributed by atoms with Crippen molar-refractivity contribution in [2.24, 2.45) is 16.7 Å². The van der Waals surface area contributed by atoms with Crippen LogP contribution < -0.4 is 0 Å². The van der Waals surface area contributed by atoms with Gasteiger partial charge in [-0.15, -0.1) is 0 Å². The van der Waals surface area contributed by atoms with Gasteiger partial charge < -0.3 is 19.7 Å². The maximum absolute atomic E-state index is 11.6. The second-order valence-electron chi connectivity index (χ2n) is 7.02. The molecule has 2 N–H and O–H groups in total. The highest BCUT2D eigenvalue weighted by atomic mass is 16.7. The first-order valence-corrected chi connectivity index (χ1v) is 7.73. The fraction of sp³-hybridized carbons (Fsp3) is 0.778. The van der Waals surface area contributed by atoms with E-state index in [-0.39, 0.29) is 5.92 Å². The Balaban J connectivity index is 3.46. The molecule has 1 fully saturated rings. The van der Waals surface area contributed by atoms with Gasteiger partial charge in [-0.2, -0.15) is 0 Å². The minimum absolute atomic E-state index is 0.193. The molecule has 1 aliphatic rings. The molecule has 0 aliphatic heterocycles. The highest BCUT2D eigenvalue weighted by Gasteiger charge is 2.63. The van der Waals surface area contributed by atoms with Crippen molar-refractivity contribution in [2.45, 2.75) is 58.8 Å². The minimum Gasteiger partial charge on any atom is -0.462 e. The van der Waals surface area contributed by atoms with Crippen molar-refractivity contribution >= 4 is 0 Å². The molecule has 0 bridgehead atoms. The maximum atomic E-state index is 11.6. The molecule has 0 aromatic rings. The SMILES string of the molecule is C=C(C)[C@]1(C)CC[C@@H](C)[C@](C)(CC(OC)OC)C1(O)C#CO. The van der Waals surface area contributed by atoms with Crippen LogP contribution in [0.25, 0.3) is 0 Å². The lowest BCUT2D eigenvalue weighted by molar-refractivity contribution is -0.204. The number of ether oxygens (including phenoxy) is 2. The summed E-state index contributed by atoms with van der Waals surface area (Å²) in [5.74, 6) is 2.89. The van der Waals surface area contributed by atoms with Crippen LogP contribution in [0.1, 0.15) is 47.0 Å². The fourth-order valence-corrected chi connectivity index (χ4v) is 3.83. The molecule has 126 valence electrons. The van der Waals surface area contributed by atoms with E-state index in [0.29, 0.717) is 6.42 Å². The van der Waals surface area contributed by atoms with Crippen LogP contribution in [0.5, 0.6) is 0 Å². The molecule has 0 heterocycles. The summed E-state index contributed by atoms with van der Waals surface area (Å²) in [6.07, 6.45) is 3.71. The lowest BCUT2D eigenvalue weighted by Gasteiger charge is -2.59. The Morgan fingerprint density at radius 2 is 1.91 bits per heavy atom. The highest BCUT2D eigenvalue weighted by molar-refractivity contribution is 5.32. The largest absolute Gasteiger partial charge is 0.462 e. The van der Waals surface area contributed by atoms with Gasteiger partial charge in [-0.1, -0.05) is 32.9 Å². The Hall–Kier alpha value is -1.02. The Morgan fingerprint density at radius 3 is 2.32 bits per heavy atom. The predicted octanol–water partition coefficient (Wildman–Crippen LogP) is 3.08. The minimum atomic E-state index is -1.41. The predicted molar refractivity (Wildman–Crippen MR) is 86.5 cm³/mol. The Bertz CT molecular complexity index is 473. The zero-order valence-electron chi connectivity index (χ0n) is 14.7. The first-order chi connectivity index (χ1) is 10.1. The summed E-state index contributed by atoms with van der Waals surface area (Å²) in [5, 5.41) is 20.8. The molecule has 4 nitrogen and oxygen atoms in total. The lowest BCUT2D eigenvalue weighted by atomic mass is 9.47. The van der Waals surface area contributed by atoms with Crippen LogP contribution >= 0.6 is 0 Å². The lowest BCUT2D eigenvalue weighted by Crippen LogP contribution is -2.63. The zero-order chi connectivity index (χ0) is 17.2. The van der Waals surface area contributed by atoms with Gasteiger partial charge in [0.15, 0.2) is 6.29 Å². The number of hydrogen-bond donors (Lipinski definition) is 2. The summed E-state index contributed by atoms with van der Waals surface area (Å²) in [6, 6.07) is 0. The van der Waals surface area contributed by atoms with Gasteiger partial charge in [0.1, 0.15) is 11.7 Å². The maximum Gasteiger partial charge on any atom is 0.157 e. The molecule has 4 atom stereocenters. The van der Waals surface area contributed by atoms with E-state index in [0.717, 1.165) is 18.4 Å². The van der Waals surface area contributed by atoms with Crippen molar-refractivity contribution < 1.29 is 19.7 Å². The zero-order valence-corrected chi connectivity index (χ0v) is 14.7. The quantitative estimate of drug-likeness (QED) is 0.465. The molecule has 1 aliphatic carbocycles. The van der Waals surface area contributed by atoms with Crippen LogP contribution in [0.4, 0.5) is 0 Å². The molecule has 1 unspecified atom stereocenters. The van der Waals surface area contributed by atoms with E-state index < -0.39 is 22.7 Å². The second kappa shape index (κ2) is 6.62. The molecule has 0 radical (unpaired) electrons. The van der Waals surface area contributed by atoms with Gasteiger partial charge >= 0.3 is 0 Å². The van der Waals surface area contributed by atoms with E-state index >= 15 is 0 Å². The second-order valence-corrected chi connectivity index (χ2v) is 7.02. The summed E-state index contributed by atoms with van der Waals surface area (Å²) in [4.78, 5) is 0. The van der Waals surface area contributed by atoms with Gasteiger partial charge in [-0.05, 0) is 31.6 Å². The molecule has 4 heteroatoms. The molecule has 1 rings (SSSR count). The van der Waals surface area contributed by atoms with Gasteiger partial charge in [0.05, 0.1) is 0 Å². The summed E-state index contributed by atoms with van der Waals surface area (Å²) in [7, 11) is 3.17. The van der Waals surface area contributed by atoms with Crippen LogP contribution in [-0.2, 0) is 9.47 Å². The molecule has 0 aromatic carbocycles. The number of aliphatic hydroxyl groups is 2. The normalized spacial score (nSPS) is 38.5. The van der Waals surface area contributed by atoms with Crippen LogP contribution in [0.15, 0.2) is 12.2 Å². The average Bonchev–Trinajstić information content (AvgIpc) is 2.47. The monoisotopic (exact) mass is 310 g/mol. The van der Waals surface area contributed by atoms with Crippen LogP contribution in [0.2, 0.25) is 0 Å². The highest BCUT2D eigenvalue weighted by Crippen LogP contribution is 2.60.